The number of hydrogen-bond acceptors (Lipinski definition) is 6. The summed E-state index contributed by atoms with van der Waals surface area (Å²) in [6.07, 6.45) is 0.601. The Morgan fingerprint density at radius 1 is 1.12 bits per heavy atom. The zero-order valence-electron chi connectivity index (χ0n) is 18.7. The van der Waals surface area contributed by atoms with E-state index < -0.39 is 11.6 Å². The Morgan fingerprint density at radius 3 is 2.30 bits per heavy atom. The highest BCUT2D eigenvalue weighted by molar-refractivity contribution is 5.73. The molecule has 0 bridgehead atoms. The number of rotatable bonds is 5. The lowest BCUT2D eigenvalue weighted by Crippen LogP contribution is -2.48. The van der Waals surface area contributed by atoms with Crippen LogP contribution in [0.25, 0.3) is 16.9 Å². The van der Waals surface area contributed by atoms with Gasteiger partial charge in [0.2, 0.25) is 0 Å². The molecule has 3 N–H and O–H groups in total. The second kappa shape index (κ2) is 9.22. The van der Waals surface area contributed by atoms with Gasteiger partial charge in [0.1, 0.15) is 11.4 Å². The number of nitrogens with zero attached hydrogens (tertiary/aromatic N) is 4. The second-order valence-electron chi connectivity index (χ2n) is 8.20. The van der Waals surface area contributed by atoms with Crippen LogP contribution in [0.15, 0.2) is 54.6 Å². The Hall–Kier alpha value is -3.40. The molecule has 2 amide bonds. The quantitative estimate of drug-likeness (QED) is 0.406. The summed E-state index contributed by atoms with van der Waals surface area (Å²) in [5.41, 5.74) is 2.61. The molecular weight excluding hydrogens is 424 g/mol. The molecule has 0 radical (unpaired) electrons. The molecule has 33 heavy (non-hydrogen) atoms. The van der Waals surface area contributed by atoms with E-state index in [-0.39, 0.29) is 6.61 Å². The molecule has 174 valence electrons. The van der Waals surface area contributed by atoms with Crippen molar-refractivity contribution < 1.29 is 25.0 Å². The number of hydroxylamine groups is 2. The van der Waals surface area contributed by atoms with Crippen molar-refractivity contribution in [3.05, 3.63) is 65.9 Å². The van der Waals surface area contributed by atoms with Crippen LogP contribution >= 0.6 is 0 Å². The van der Waals surface area contributed by atoms with Crippen molar-refractivity contribution >= 4 is 6.03 Å². The third-order valence-corrected chi connectivity index (χ3v) is 6.07. The normalized spacial score (nSPS) is 15.4. The largest absolute Gasteiger partial charge is 0.497 e. The Labute approximate surface area is 192 Å². The van der Waals surface area contributed by atoms with Crippen LogP contribution in [0.1, 0.15) is 24.1 Å². The van der Waals surface area contributed by atoms with Gasteiger partial charge in [0.15, 0.2) is 0 Å². The zero-order valence-corrected chi connectivity index (χ0v) is 18.7. The van der Waals surface area contributed by atoms with Gasteiger partial charge in [-0.2, -0.15) is 5.10 Å². The first-order valence-electron chi connectivity index (χ1n) is 10.7. The molecule has 9 nitrogen and oxygen atoms in total. The van der Waals surface area contributed by atoms with Crippen LogP contribution in [-0.4, -0.2) is 68.4 Å². The van der Waals surface area contributed by atoms with Gasteiger partial charge in [-0.15, -0.1) is 0 Å². The van der Waals surface area contributed by atoms with Gasteiger partial charge in [-0.3, -0.25) is 5.21 Å². The fourth-order valence-electron chi connectivity index (χ4n) is 4.04. The highest BCUT2D eigenvalue weighted by Crippen LogP contribution is 2.36. The summed E-state index contributed by atoms with van der Waals surface area (Å²) < 4.78 is 7.04. The van der Waals surface area contributed by atoms with Crippen LogP contribution in [0.4, 0.5) is 4.79 Å². The predicted octanol–water partition coefficient (Wildman–Crippen LogP) is 2.76. The molecular formula is C24H28N4O5. The maximum Gasteiger partial charge on any atom is 0.343 e. The van der Waals surface area contributed by atoms with E-state index in [0.717, 1.165) is 28.3 Å². The second-order valence-corrected chi connectivity index (χ2v) is 8.20. The molecule has 2 heterocycles. The molecule has 0 unspecified atom stereocenters. The van der Waals surface area contributed by atoms with E-state index in [2.05, 4.69) is 0 Å². The van der Waals surface area contributed by atoms with Crippen molar-refractivity contribution in [2.45, 2.75) is 25.0 Å². The Morgan fingerprint density at radius 2 is 1.76 bits per heavy atom. The summed E-state index contributed by atoms with van der Waals surface area (Å²) in [6.45, 7) is 0.563. The minimum absolute atomic E-state index is 0.0404. The fraction of sp³-hybridized carbons (Fsp3) is 0.333. The first-order chi connectivity index (χ1) is 15.8. The molecule has 1 aliphatic rings. The topological polar surface area (TPSA) is 111 Å². The smallest absolute Gasteiger partial charge is 0.343 e. The van der Waals surface area contributed by atoms with Gasteiger partial charge in [0.05, 0.1) is 30.8 Å². The molecule has 4 rings (SSSR count). The van der Waals surface area contributed by atoms with Crippen molar-refractivity contribution in [3.63, 3.8) is 0 Å². The maximum atomic E-state index is 12.1. The average molecular weight is 453 g/mol. The van der Waals surface area contributed by atoms with Crippen molar-refractivity contribution in [2.24, 2.45) is 0 Å². The number of ether oxygens (including phenoxy) is 1. The van der Waals surface area contributed by atoms with Gasteiger partial charge in [0.25, 0.3) is 0 Å². The predicted molar refractivity (Wildman–Crippen MR) is 121 cm³/mol. The fourth-order valence-corrected chi connectivity index (χ4v) is 4.04. The van der Waals surface area contributed by atoms with Gasteiger partial charge in [-0.25, -0.2) is 14.5 Å². The number of aliphatic hydroxyl groups excluding tert-OH is 1. The van der Waals surface area contributed by atoms with E-state index in [1.807, 2.05) is 54.6 Å². The van der Waals surface area contributed by atoms with Crippen LogP contribution in [0, 0.1) is 0 Å². The maximum absolute atomic E-state index is 12.1. The van der Waals surface area contributed by atoms with Gasteiger partial charge in [0, 0.05) is 25.7 Å². The molecule has 3 aromatic rings. The molecule has 0 spiro atoms. The number of carbonyl (C=O) groups excluding carboxylic acids is 1. The first-order valence-corrected chi connectivity index (χ1v) is 10.7. The standard InChI is InChI=1S/C24H28N4O5/c1-26(32)23(30)27-13-11-24(31,12-14-27)22-15-21(18-5-3-17(16-29)4-6-18)28(25-22)19-7-9-20(33-2)10-8-19/h3-10,15,29,31-32H,11-14,16H2,1-2H3. The number of likely N-dealkylation sites (tertiary alicyclic amines) is 1. The third-order valence-electron chi connectivity index (χ3n) is 6.07. The Bertz CT molecular complexity index is 1040. The SMILES string of the molecule is COc1ccc(-n2nc(C3(O)CCN(C(=O)N(C)O)CC3)cc2-c2ccc(CO)cc2)cc1. The number of hydrogen-bond donors (Lipinski definition) is 3. The number of methoxy groups -OCH3 is 1. The molecule has 1 aliphatic heterocycles. The van der Waals surface area contributed by atoms with E-state index in [0.29, 0.717) is 36.7 Å². The van der Waals surface area contributed by atoms with Gasteiger partial charge in [-0.1, -0.05) is 24.3 Å². The van der Waals surface area contributed by atoms with E-state index >= 15 is 0 Å². The molecule has 0 aliphatic carbocycles. The number of aromatic nitrogens is 2. The number of aliphatic hydroxyl groups is 2. The molecule has 0 saturated carbocycles. The molecule has 1 saturated heterocycles. The molecule has 0 atom stereocenters. The van der Waals surface area contributed by atoms with Gasteiger partial charge in [-0.05, 0) is 48.7 Å². The van der Waals surface area contributed by atoms with E-state index in [1.54, 1.807) is 11.8 Å². The minimum atomic E-state index is -1.21. The number of piperidine rings is 1. The summed E-state index contributed by atoms with van der Waals surface area (Å²) >= 11 is 0. The van der Waals surface area contributed by atoms with Crippen LogP contribution in [0.5, 0.6) is 5.75 Å². The van der Waals surface area contributed by atoms with Crippen molar-refractivity contribution in [3.8, 4) is 22.7 Å². The van der Waals surface area contributed by atoms with Crippen LogP contribution in [-0.2, 0) is 12.2 Å². The summed E-state index contributed by atoms with van der Waals surface area (Å²) in [5.74, 6) is 0.726. The lowest BCUT2D eigenvalue weighted by atomic mass is 9.88. The number of benzene rings is 2. The average Bonchev–Trinajstić information content (AvgIpc) is 3.30. The lowest BCUT2D eigenvalue weighted by molar-refractivity contribution is -0.0570. The third kappa shape index (κ3) is 4.56. The summed E-state index contributed by atoms with van der Waals surface area (Å²) in [6, 6.07) is 16.4. The van der Waals surface area contributed by atoms with E-state index in [1.165, 1.54) is 11.9 Å². The Balaban J connectivity index is 1.70. The van der Waals surface area contributed by atoms with E-state index in [9.17, 15) is 20.2 Å². The van der Waals surface area contributed by atoms with Crippen LogP contribution < -0.4 is 4.74 Å². The van der Waals surface area contributed by atoms with E-state index in [4.69, 9.17) is 9.84 Å². The van der Waals surface area contributed by atoms with Crippen molar-refractivity contribution in [1.29, 1.82) is 0 Å². The number of carbonyl (C=O) groups is 1. The zero-order chi connectivity index (χ0) is 23.6. The monoisotopic (exact) mass is 452 g/mol. The van der Waals surface area contributed by atoms with Crippen LogP contribution in [0.3, 0.4) is 0 Å². The van der Waals surface area contributed by atoms with Gasteiger partial charge < -0.3 is 19.8 Å². The van der Waals surface area contributed by atoms with Gasteiger partial charge >= 0.3 is 6.03 Å². The molecule has 1 aromatic heterocycles. The number of amides is 2. The minimum Gasteiger partial charge on any atom is -0.497 e. The first kappa shape index (κ1) is 22.8. The molecule has 9 heteroatoms. The Kier molecular flexibility index (Phi) is 6.37. The summed E-state index contributed by atoms with van der Waals surface area (Å²) in [7, 11) is 2.89. The number of urea groups is 1. The van der Waals surface area contributed by atoms with Crippen LogP contribution in [0.2, 0.25) is 0 Å². The van der Waals surface area contributed by atoms with Crippen molar-refractivity contribution in [1.82, 2.24) is 19.7 Å². The highest BCUT2D eigenvalue weighted by atomic mass is 16.5. The lowest BCUT2D eigenvalue weighted by Gasteiger charge is -2.37. The summed E-state index contributed by atoms with van der Waals surface area (Å²) in [5, 5.41) is 35.6. The highest BCUT2D eigenvalue weighted by Gasteiger charge is 2.38. The summed E-state index contributed by atoms with van der Waals surface area (Å²) in [4.78, 5) is 13.6. The molecule has 2 aromatic carbocycles. The molecule has 1 fully saturated rings. The van der Waals surface area contributed by atoms with Crippen molar-refractivity contribution in [2.75, 3.05) is 27.2 Å².